The highest BCUT2D eigenvalue weighted by Crippen LogP contribution is 2.32. The fourth-order valence-electron chi connectivity index (χ4n) is 1.25. The Morgan fingerprint density at radius 1 is 1.42 bits per heavy atom. The fourth-order valence-corrected chi connectivity index (χ4v) is 2.94. The van der Waals surface area contributed by atoms with E-state index in [1.165, 1.54) is 15.6 Å². The summed E-state index contributed by atoms with van der Waals surface area (Å²) in [5.74, 6) is 0. The highest BCUT2D eigenvalue weighted by Gasteiger charge is 2.03. The molecule has 0 aliphatic heterocycles. The van der Waals surface area contributed by atoms with Crippen LogP contribution in [0.4, 0.5) is 0 Å². The van der Waals surface area contributed by atoms with E-state index in [1.54, 1.807) is 11.3 Å². The first-order valence-electron chi connectivity index (χ1n) is 3.67. The van der Waals surface area contributed by atoms with E-state index in [0.29, 0.717) is 6.54 Å². The van der Waals surface area contributed by atoms with Crippen molar-refractivity contribution in [1.82, 2.24) is 0 Å². The van der Waals surface area contributed by atoms with Crippen LogP contribution in [0.1, 0.15) is 5.56 Å². The average Bonchev–Trinajstić information content (AvgIpc) is 2.48. The average molecular weight is 242 g/mol. The van der Waals surface area contributed by atoms with Gasteiger partial charge in [-0.2, -0.15) is 0 Å². The van der Waals surface area contributed by atoms with Gasteiger partial charge in [-0.15, -0.1) is 11.3 Å². The SMILES string of the molecule is NCc1cccc2c(Br)csc12. The summed E-state index contributed by atoms with van der Waals surface area (Å²) >= 11 is 5.24. The molecule has 0 amide bonds. The van der Waals surface area contributed by atoms with E-state index in [9.17, 15) is 0 Å². The van der Waals surface area contributed by atoms with Crippen molar-refractivity contribution in [3.63, 3.8) is 0 Å². The molecule has 0 bridgehead atoms. The van der Waals surface area contributed by atoms with E-state index in [4.69, 9.17) is 5.73 Å². The quantitative estimate of drug-likeness (QED) is 0.816. The molecule has 0 spiro atoms. The van der Waals surface area contributed by atoms with Gasteiger partial charge in [0.1, 0.15) is 0 Å². The predicted octanol–water partition coefficient (Wildman–Crippen LogP) is 3.12. The van der Waals surface area contributed by atoms with Gasteiger partial charge in [-0.1, -0.05) is 18.2 Å². The summed E-state index contributed by atoms with van der Waals surface area (Å²) in [6.07, 6.45) is 0. The number of rotatable bonds is 1. The van der Waals surface area contributed by atoms with Gasteiger partial charge in [-0.05, 0) is 21.5 Å². The lowest BCUT2D eigenvalue weighted by Gasteiger charge is -1.97. The molecule has 0 fully saturated rings. The molecule has 1 aromatic carbocycles. The Bertz CT molecular complexity index is 408. The third-order valence-electron chi connectivity index (χ3n) is 1.85. The van der Waals surface area contributed by atoms with Crippen molar-refractivity contribution in [2.45, 2.75) is 6.54 Å². The van der Waals surface area contributed by atoms with Crippen molar-refractivity contribution in [2.75, 3.05) is 0 Å². The molecule has 0 atom stereocenters. The van der Waals surface area contributed by atoms with Crippen LogP contribution < -0.4 is 5.73 Å². The van der Waals surface area contributed by atoms with Gasteiger partial charge in [-0.25, -0.2) is 0 Å². The van der Waals surface area contributed by atoms with Gasteiger partial charge >= 0.3 is 0 Å². The van der Waals surface area contributed by atoms with E-state index in [1.807, 2.05) is 6.07 Å². The Hall–Kier alpha value is -0.380. The third-order valence-corrected chi connectivity index (χ3v) is 3.88. The van der Waals surface area contributed by atoms with Gasteiger partial charge in [-0.3, -0.25) is 0 Å². The lowest BCUT2D eigenvalue weighted by molar-refractivity contribution is 1.09. The van der Waals surface area contributed by atoms with Crippen LogP contribution in [0.2, 0.25) is 0 Å². The maximum absolute atomic E-state index is 5.62. The van der Waals surface area contributed by atoms with Crippen molar-refractivity contribution >= 4 is 37.4 Å². The normalized spacial score (nSPS) is 10.8. The summed E-state index contributed by atoms with van der Waals surface area (Å²) in [5.41, 5.74) is 6.84. The first-order valence-corrected chi connectivity index (χ1v) is 5.35. The highest BCUT2D eigenvalue weighted by atomic mass is 79.9. The minimum absolute atomic E-state index is 0.615. The predicted molar refractivity (Wildman–Crippen MR) is 57.4 cm³/mol. The standard InChI is InChI=1S/C9H8BrNS/c10-8-5-12-9-6(4-11)2-1-3-7(8)9/h1-3,5H,4,11H2. The molecule has 1 nitrogen and oxygen atoms in total. The van der Waals surface area contributed by atoms with Crippen molar-refractivity contribution in [2.24, 2.45) is 5.73 Å². The van der Waals surface area contributed by atoms with Crippen LogP contribution >= 0.6 is 27.3 Å². The second-order valence-electron chi connectivity index (χ2n) is 2.58. The summed E-state index contributed by atoms with van der Waals surface area (Å²) in [4.78, 5) is 0. The molecule has 0 unspecified atom stereocenters. The third kappa shape index (κ3) is 1.18. The van der Waals surface area contributed by atoms with Gasteiger partial charge in [0.05, 0.1) is 0 Å². The first kappa shape index (κ1) is 8.23. The number of fused-ring (bicyclic) bond motifs is 1. The maximum Gasteiger partial charge on any atom is 0.0399 e. The van der Waals surface area contributed by atoms with Crippen LogP contribution in [-0.2, 0) is 6.54 Å². The van der Waals surface area contributed by atoms with E-state index in [-0.39, 0.29) is 0 Å². The van der Waals surface area contributed by atoms with Crippen molar-refractivity contribution in [1.29, 1.82) is 0 Å². The van der Waals surface area contributed by atoms with Crippen LogP contribution in [0.15, 0.2) is 28.1 Å². The minimum atomic E-state index is 0.615. The molecule has 62 valence electrons. The summed E-state index contributed by atoms with van der Waals surface area (Å²) in [5, 5.41) is 3.37. The van der Waals surface area contributed by atoms with E-state index < -0.39 is 0 Å². The summed E-state index contributed by atoms with van der Waals surface area (Å²) < 4.78 is 2.46. The Labute approximate surface area is 83.3 Å². The molecular formula is C9H8BrNS. The Morgan fingerprint density at radius 2 is 2.25 bits per heavy atom. The highest BCUT2D eigenvalue weighted by molar-refractivity contribution is 9.10. The van der Waals surface area contributed by atoms with E-state index in [0.717, 1.165) is 4.47 Å². The van der Waals surface area contributed by atoms with Crippen LogP contribution in [0.5, 0.6) is 0 Å². The van der Waals surface area contributed by atoms with Gasteiger partial charge in [0.15, 0.2) is 0 Å². The lowest BCUT2D eigenvalue weighted by atomic mass is 10.2. The number of nitrogens with two attached hydrogens (primary N) is 1. The molecule has 0 saturated heterocycles. The Morgan fingerprint density at radius 3 is 3.00 bits per heavy atom. The molecule has 2 rings (SSSR count). The largest absolute Gasteiger partial charge is 0.326 e. The Kier molecular flexibility index (Phi) is 2.17. The second kappa shape index (κ2) is 3.17. The number of halogens is 1. The summed E-state index contributed by atoms with van der Waals surface area (Å²) in [6.45, 7) is 0.615. The zero-order valence-electron chi connectivity index (χ0n) is 6.38. The summed E-state index contributed by atoms with van der Waals surface area (Å²) in [7, 11) is 0. The number of hydrogen-bond acceptors (Lipinski definition) is 2. The monoisotopic (exact) mass is 241 g/mol. The van der Waals surface area contributed by atoms with Crippen molar-refractivity contribution < 1.29 is 0 Å². The second-order valence-corrected chi connectivity index (χ2v) is 4.32. The number of thiophene rings is 1. The molecule has 2 N–H and O–H groups in total. The van der Waals surface area contributed by atoms with E-state index >= 15 is 0 Å². The lowest BCUT2D eigenvalue weighted by Crippen LogP contribution is -1.95. The molecule has 0 aliphatic carbocycles. The van der Waals surface area contributed by atoms with Crippen LogP contribution in [0.3, 0.4) is 0 Å². The van der Waals surface area contributed by atoms with Crippen LogP contribution in [-0.4, -0.2) is 0 Å². The molecule has 0 radical (unpaired) electrons. The number of hydrogen-bond donors (Lipinski definition) is 1. The molecular weight excluding hydrogens is 234 g/mol. The minimum Gasteiger partial charge on any atom is -0.326 e. The maximum atomic E-state index is 5.62. The van der Waals surface area contributed by atoms with E-state index in [2.05, 4.69) is 33.4 Å². The molecule has 1 aromatic heterocycles. The summed E-state index contributed by atoms with van der Waals surface area (Å²) in [6, 6.07) is 6.22. The molecule has 12 heavy (non-hydrogen) atoms. The van der Waals surface area contributed by atoms with Crippen molar-refractivity contribution in [3.8, 4) is 0 Å². The van der Waals surface area contributed by atoms with Gasteiger partial charge in [0, 0.05) is 26.5 Å². The molecule has 0 aliphatic rings. The van der Waals surface area contributed by atoms with Crippen LogP contribution in [0.25, 0.3) is 10.1 Å². The molecule has 3 heteroatoms. The van der Waals surface area contributed by atoms with Gasteiger partial charge in [0.25, 0.3) is 0 Å². The molecule has 2 aromatic rings. The number of benzene rings is 1. The molecule has 1 heterocycles. The molecule has 0 saturated carbocycles. The van der Waals surface area contributed by atoms with Gasteiger partial charge in [0.2, 0.25) is 0 Å². The zero-order chi connectivity index (χ0) is 8.55. The first-order chi connectivity index (χ1) is 5.83. The van der Waals surface area contributed by atoms with Crippen molar-refractivity contribution in [3.05, 3.63) is 33.6 Å². The Balaban J connectivity index is 2.81. The fraction of sp³-hybridized carbons (Fsp3) is 0.111. The topological polar surface area (TPSA) is 26.0 Å². The zero-order valence-corrected chi connectivity index (χ0v) is 8.78. The van der Waals surface area contributed by atoms with Crippen LogP contribution in [0, 0.1) is 0 Å². The smallest absolute Gasteiger partial charge is 0.0399 e. The van der Waals surface area contributed by atoms with Gasteiger partial charge < -0.3 is 5.73 Å².